The molecule has 20 heavy (non-hydrogen) atoms. The molecule has 4 heteroatoms. The standard InChI is InChI=1S/C16H21BrFNO/c1-11-3-2-4-12(9-11)7-8-19-16(20)13-5-6-14(17)15(18)10-13/h5-6,10-12H,2-4,7-9H2,1H3,(H,19,20). The van der Waals surface area contributed by atoms with E-state index in [0.29, 0.717) is 16.6 Å². The number of rotatable bonds is 4. The number of hydrogen-bond acceptors (Lipinski definition) is 1. The van der Waals surface area contributed by atoms with Crippen LogP contribution in [0.15, 0.2) is 22.7 Å². The van der Waals surface area contributed by atoms with Crippen LogP contribution in [0.4, 0.5) is 4.39 Å². The number of benzene rings is 1. The minimum atomic E-state index is -0.404. The average molecular weight is 342 g/mol. The Bertz CT molecular complexity index is 478. The molecule has 1 fully saturated rings. The number of hydrogen-bond donors (Lipinski definition) is 1. The first-order valence-electron chi connectivity index (χ1n) is 7.29. The van der Waals surface area contributed by atoms with E-state index in [2.05, 4.69) is 28.2 Å². The van der Waals surface area contributed by atoms with E-state index in [4.69, 9.17) is 0 Å². The highest BCUT2D eigenvalue weighted by Gasteiger charge is 2.18. The molecule has 0 aromatic heterocycles. The van der Waals surface area contributed by atoms with Gasteiger partial charge < -0.3 is 5.32 Å². The number of halogens is 2. The van der Waals surface area contributed by atoms with Gasteiger partial charge in [0.05, 0.1) is 4.47 Å². The molecule has 0 spiro atoms. The maximum absolute atomic E-state index is 13.4. The second-order valence-corrected chi connectivity index (χ2v) is 6.67. The van der Waals surface area contributed by atoms with E-state index in [9.17, 15) is 9.18 Å². The Morgan fingerprint density at radius 3 is 2.95 bits per heavy atom. The molecule has 0 aliphatic heterocycles. The van der Waals surface area contributed by atoms with Gasteiger partial charge in [0, 0.05) is 12.1 Å². The summed E-state index contributed by atoms with van der Waals surface area (Å²) in [5.74, 6) is 0.935. The van der Waals surface area contributed by atoms with Crippen LogP contribution in [-0.2, 0) is 0 Å². The van der Waals surface area contributed by atoms with Gasteiger partial charge in [0.2, 0.25) is 0 Å². The van der Waals surface area contributed by atoms with Gasteiger partial charge >= 0.3 is 0 Å². The Balaban J connectivity index is 1.78. The minimum Gasteiger partial charge on any atom is -0.352 e. The first-order chi connectivity index (χ1) is 9.56. The summed E-state index contributed by atoms with van der Waals surface area (Å²) in [7, 11) is 0. The Morgan fingerprint density at radius 2 is 2.25 bits per heavy atom. The average Bonchev–Trinajstić information content (AvgIpc) is 2.42. The van der Waals surface area contributed by atoms with Gasteiger partial charge in [0.15, 0.2) is 0 Å². The van der Waals surface area contributed by atoms with Gasteiger partial charge in [0.25, 0.3) is 5.91 Å². The van der Waals surface area contributed by atoms with E-state index in [1.54, 1.807) is 12.1 Å². The van der Waals surface area contributed by atoms with Crippen molar-refractivity contribution in [1.82, 2.24) is 5.32 Å². The minimum absolute atomic E-state index is 0.194. The van der Waals surface area contributed by atoms with Gasteiger partial charge in [-0.2, -0.15) is 0 Å². The molecule has 1 amide bonds. The largest absolute Gasteiger partial charge is 0.352 e. The molecule has 2 unspecified atom stereocenters. The van der Waals surface area contributed by atoms with Crippen molar-refractivity contribution in [2.24, 2.45) is 11.8 Å². The summed E-state index contributed by atoms with van der Waals surface area (Å²) in [6.45, 7) is 2.98. The Labute approximate surface area is 128 Å². The lowest BCUT2D eigenvalue weighted by Crippen LogP contribution is -2.27. The molecule has 1 N–H and O–H groups in total. The molecule has 1 saturated carbocycles. The van der Waals surface area contributed by atoms with E-state index in [0.717, 1.165) is 18.3 Å². The lowest BCUT2D eigenvalue weighted by molar-refractivity contribution is 0.0949. The summed E-state index contributed by atoms with van der Waals surface area (Å²) in [6, 6.07) is 4.46. The molecule has 2 nitrogen and oxygen atoms in total. The van der Waals surface area contributed by atoms with E-state index in [-0.39, 0.29) is 5.91 Å². The van der Waals surface area contributed by atoms with Crippen LogP contribution in [0.5, 0.6) is 0 Å². The Kier molecular flexibility index (Phi) is 5.58. The van der Waals surface area contributed by atoms with Crippen LogP contribution in [-0.4, -0.2) is 12.5 Å². The summed E-state index contributed by atoms with van der Waals surface area (Å²) in [6.07, 6.45) is 6.20. The zero-order chi connectivity index (χ0) is 14.5. The second kappa shape index (κ2) is 7.21. The third-order valence-electron chi connectivity index (χ3n) is 4.06. The summed E-state index contributed by atoms with van der Waals surface area (Å²) < 4.78 is 13.7. The van der Waals surface area contributed by atoms with Gasteiger partial charge in [0.1, 0.15) is 5.82 Å². The summed E-state index contributed by atoms with van der Waals surface area (Å²) >= 11 is 3.08. The first kappa shape index (κ1) is 15.5. The first-order valence-corrected chi connectivity index (χ1v) is 8.09. The van der Waals surface area contributed by atoms with Crippen LogP contribution in [0.1, 0.15) is 49.4 Å². The van der Waals surface area contributed by atoms with Crippen molar-refractivity contribution in [2.45, 2.75) is 39.0 Å². The number of carbonyl (C=O) groups excluding carboxylic acids is 1. The van der Waals surface area contributed by atoms with E-state index < -0.39 is 5.82 Å². The maximum atomic E-state index is 13.4. The van der Waals surface area contributed by atoms with E-state index in [1.807, 2.05) is 0 Å². The fourth-order valence-corrected chi connectivity index (χ4v) is 3.20. The lowest BCUT2D eigenvalue weighted by atomic mass is 9.81. The zero-order valence-corrected chi connectivity index (χ0v) is 13.4. The highest BCUT2D eigenvalue weighted by atomic mass is 79.9. The number of carbonyl (C=O) groups is 1. The smallest absolute Gasteiger partial charge is 0.251 e. The Morgan fingerprint density at radius 1 is 1.45 bits per heavy atom. The van der Waals surface area contributed by atoms with Crippen LogP contribution in [0.3, 0.4) is 0 Å². The van der Waals surface area contributed by atoms with Gasteiger partial charge in [-0.05, 0) is 58.8 Å². The monoisotopic (exact) mass is 341 g/mol. The molecule has 1 aromatic rings. The summed E-state index contributed by atoms with van der Waals surface area (Å²) in [5, 5.41) is 2.89. The third-order valence-corrected chi connectivity index (χ3v) is 4.71. The number of amides is 1. The molecular weight excluding hydrogens is 321 g/mol. The SMILES string of the molecule is CC1CCCC(CCNC(=O)c2ccc(Br)c(F)c2)C1. The molecule has 0 bridgehead atoms. The predicted molar refractivity (Wildman–Crippen MR) is 82.2 cm³/mol. The fraction of sp³-hybridized carbons (Fsp3) is 0.562. The van der Waals surface area contributed by atoms with Gasteiger partial charge in [-0.15, -0.1) is 0 Å². The lowest BCUT2D eigenvalue weighted by Gasteiger charge is -2.26. The van der Waals surface area contributed by atoms with Crippen LogP contribution >= 0.6 is 15.9 Å². The summed E-state index contributed by atoms with van der Waals surface area (Å²) in [4.78, 5) is 11.9. The molecule has 0 saturated heterocycles. The Hall–Kier alpha value is -0.900. The molecule has 0 radical (unpaired) electrons. The normalized spacial score (nSPS) is 22.6. The molecule has 110 valence electrons. The van der Waals surface area contributed by atoms with Crippen LogP contribution in [0.2, 0.25) is 0 Å². The van der Waals surface area contributed by atoms with Crippen molar-refractivity contribution in [3.63, 3.8) is 0 Å². The highest BCUT2D eigenvalue weighted by molar-refractivity contribution is 9.10. The topological polar surface area (TPSA) is 29.1 Å². The predicted octanol–water partition coefficient (Wildman–Crippen LogP) is 4.53. The van der Waals surface area contributed by atoms with Crippen LogP contribution in [0.25, 0.3) is 0 Å². The van der Waals surface area contributed by atoms with Crippen LogP contribution in [0, 0.1) is 17.7 Å². The van der Waals surface area contributed by atoms with Crippen molar-refractivity contribution in [3.8, 4) is 0 Å². The maximum Gasteiger partial charge on any atom is 0.251 e. The van der Waals surface area contributed by atoms with Crippen molar-refractivity contribution >= 4 is 21.8 Å². The molecule has 1 aliphatic carbocycles. The zero-order valence-electron chi connectivity index (χ0n) is 11.8. The molecule has 1 aromatic carbocycles. The van der Waals surface area contributed by atoms with Crippen molar-refractivity contribution in [2.75, 3.05) is 6.54 Å². The van der Waals surface area contributed by atoms with Gasteiger partial charge in [-0.3, -0.25) is 4.79 Å². The van der Waals surface area contributed by atoms with Crippen molar-refractivity contribution < 1.29 is 9.18 Å². The molecule has 0 heterocycles. The van der Waals surface area contributed by atoms with Crippen molar-refractivity contribution in [1.29, 1.82) is 0 Å². The molecule has 2 atom stereocenters. The molecular formula is C16H21BrFNO. The molecule has 2 rings (SSSR count). The quantitative estimate of drug-likeness (QED) is 0.856. The fourth-order valence-electron chi connectivity index (χ4n) is 2.95. The summed E-state index contributed by atoms with van der Waals surface area (Å²) in [5.41, 5.74) is 0.378. The third kappa shape index (κ3) is 4.30. The van der Waals surface area contributed by atoms with Crippen LogP contribution < -0.4 is 5.32 Å². The number of nitrogens with one attached hydrogen (secondary N) is 1. The van der Waals surface area contributed by atoms with Crippen molar-refractivity contribution in [3.05, 3.63) is 34.1 Å². The van der Waals surface area contributed by atoms with Gasteiger partial charge in [-0.1, -0.05) is 26.2 Å². The molecule has 1 aliphatic rings. The highest BCUT2D eigenvalue weighted by Crippen LogP contribution is 2.30. The van der Waals surface area contributed by atoms with Gasteiger partial charge in [-0.25, -0.2) is 4.39 Å². The van der Waals surface area contributed by atoms with E-state index in [1.165, 1.54) is 31.7 Å². The van der Waals surface area contributed by atoms with E-state index >= 15 is 0 Å². The second-order valence-electron chi connectivity index (χ2n) is 5.81.